The van der Waals surface area contributed by atoms with Gasteiger partial charge in [-0.25, -0.2) is 48.3 Å². The highest BCUT2D eigenvalue weighted by Gasteiger charge is 2.38. The van der Waals surface area contributed by atoms with Crippen molar-refractivity contribution in [3.8, 4) is 39.8 Å². The highest BCUT2D eigenvalue weighted by molar-refractivity contribution is 5.92. The smallest absolute Gasteiger partial charge is 0.429 e. The molecule has 0 fully saturated rings. The Kier molecular flexibility index (Phi) is 9.40. The standard InChI is InChI=1S/C39H17F13O/c1-16-5-28(43)34(29(44)6-16)19-8-20-13-31(46)36(38(50)35(20)30(45)12-19)21-10-25(40)23(26(41)11-21)4-3-18-9-27(42)24(7-17(18)2)39(51,52)53-22-14-32(47)37(49)33(48)15-22/h5-15H,1-2H3. The first kappa shape index (κ1) is 36.8. The summed E-state index contributed by atoms with van der Waals surface area (Å²) in [5, 5.41) is -1.31. The minimum absolute atomic E-state index is 0.112. The van der Waals surface area contributed by atoms with Gasteiger partial charge in [-0.1, -0.05) is 11.8 Å². The maximum atomic E-state index is 15.7. The molecule has 0 bridgehead atoms. The van der Waals surface area contributed by atoms with E-state index in [1.807, 2.05) is 5.92 Å². The van der Waals surface area contributed by atoms with E-state index in [0.717, 1.165) is 25.1 Å². The molecule has 0 unspecified atom stereocenters. The Labute approximate surface area is 290 Å². The van der Waals surface area contributed by atoms with Crippen molar-refractivity contribution in [2.45, 2.75) is 20.0 Å². The van der Waals surface area contributed by atoms with Crippen molar-refractivity contribution in [1.82, 2.24) is 0 Å². The van der Waals surface area contributed by atoms with Crippen molar-refractivity contribution in [1.29, 1.82) is 0 Å². The molecule has 53 heavy (non-hydrogen) atoms. The van der Waals surface area contributed by atoms with Crippen LogP contribution in [0.5, 0.6) is 5.75 Å². The van der Waals surface area contributed by atoms with Crippen LogP contribution < -0.4 is 4.74 Å². The first-order valence-corrected chi connectivity index (χ1v) is 15.0. The van der Waals surface area contributed by atoms with Gasteiger partial charge < -0.3 is 4.74 Å². The fourth-order valence-corrected chi connectivity index (χ4v) is 5.60. The van der Waals surface area contributed by atoms with E-state index in [4.69, 9.17) is 0 Å². The molecule has 0 spiro atoms. The van der Waals surface area contributed by atoms with Gasteiger partial charge in [-0.15, -0.1) is 0 Å². The van der Waals surface area contributed by atoms with E-state index in [2.05, 4.69) is 10.7 Å². The molecule has 6 rings (SSSR count). The van der Waals surface area contributed by atoms with E-state index >= 15 is 22.0 Å². The Morgan fingerprint density at radius 3 is 1.64 bits per heavy atom. The van der Waals surface area contributed by atoms with Gasteiger partial charge >= 0.3 is 6.11 Å². The predicted octanol–water partition coefficient (Wildman–Crippen LogP) is 11.8. The molecule has 0 heterocycles. The third kappa shape index (κ3) is 6.86. The minimum atomic E-state index is -4.55. The number of hydrogen-bond acceptors (Lipinski definition) is 1. The van der Waals surface area contributed by atoms with Crippen molar-refractivity contribution in [3.05, 3.63) is 159 Å². The number of alkyl halides is 2. The molecular formula is C39H17F13O. The van der Waals surface area contributed by atoms with Gasteiger partial charge in [0.2, 0.25) is 0 Å². The molecular weight excluding hydrogens is 731 g/mol. The Hall–Kier alpha value is -5.97. The summed E-state index contributed by atoms with van der Waals surface area (Å²) < 4.78 is 194. The van der Waals surface area contributed by atoms with Crippen LogP contribution in [0.2, 0.25) is 0 Å². The number of hydrogen-bond donors (Lipinski definition) is 0. The molecule has 0 aromatic heterocycles. The van der Waals surface area contributed by atoms with Gasteiger partial charge in [0.1, 0.15) is 57.9 Å². The van der Waals surface area contributed by atoms with Crippen molar-refractivity contribution in [2.75, 3.05) is 0 Å². The van der Waals surface area contributed by atoms with Gasteiger partial charge in [-0.05, 0) is 96.1 Å². The van der Waals surface area contributed by atoms with Crippen molar-refractivity contribution in [3.63, 3.8) is 0 Å². The summed E-state index contributed by atoms with van der Waals surface area (Å²) in [5.74, 6) is -13.7. The molecule has 0 amide bonds. The number of benzene rings is 6. The lowest BCUT2D eigenvalue weighted by atomic mass is 9.94. The third-order valence-corrected chi connectivity index (χ3v) is 8.04. The second-order valence-corrected chi connectivity index (χ2v) is 11.7. The molecule has 0 aliphatic rings. The zero-order valence-electron chi connectivity index (χ0n) is 26.7. The van der Waals surface area contributed by atoms with Gasteiger partial charge in [0.25, 0.3) is 0 Å². The molecule has 6 aromatic carbocycles. The van der Waals surface area contributed by atoms with Crippen LogP contribution >= 0.6 is 0 Å². The van der Waals surface area contributed by atoms with Crippen LogP contribution in [0, 0.1) is 89.7 Å². The molecule has 0 aliphatic heterocycles. The van der Waals surface area contributed by atoms with Crippen LogP contribution in [0.1, 0.15) is 27.8 Å². The largest absolute Gasteiger partial charge is 0.429 e. The van der Waals surface area contributed by atoms with Gasteiger partial charge in [0.05, 0.1) is 22.1 Å². The molecule has 0 atom stereocenters. The Morgan fingerprint density at radius 2 is 1.04 bits per heavy atom. The third-order valence-electron chi connectivity index (χ3n) is 8.04. The first-order valence-electron chi connectivity index (χ1n) is 15.0. The van der Waals surface area contributed by atoms with Crippen LogP contribution in [0.15, 0.2) is 66.7 Å². The van der Waals surface area contributed by atoms with Gasteiger partial charge in [0, 0.05) is 17.7 Å². The van der Waals surface area contributed by atoms with E-state index in [1.54, 1.807) is 0 Å². The first-order chi connectivity index (χ1) is 24.9. The molecule has 270 valence electrons. The zero-order valence-corrected chi connectivity index (χ0v) is 26.7. The molecule has 1 nitrogen and oxygen atoms in total. The van der Waals surface area contributed by atoms with Crippen LogP contribution in [0.3, 0.4) is 0 Å². The Morgan fingerprint density at radius 1 is 0.491 bits per heavy atom. The summed E-state index contributed by atoms with van der Waals surface area (Å²) in [5.41, 5.74) is -5.59. The van der Waals surface area contributed by atoms with Crippen LogP contribution in [-0.4, -0.2) is 0 Å². The van der Waals surface area contributed by atoms with E-state index in [1.165, 1.54) is 6.92 Å². The maximum absolute atomic E-state index is 15.7. The number of rotatable bonds is 5. The highest BCUT2D eigenvalue weighted by atomic mass is 19.3. The quantitative estimate of drug-likeness (QED) is 0.0969. The second-order valence-electron chi connectivity index (χ2n) is 11.7. The normalized spacial score (nSPS) is 11.5. The average Bonchev–Trinajstić information content (AvgIpc) is 3.03. The van der Waals surface area contributed by atoms with Crippen molar-refractivity contribution < 1.29 is 61.8 Å². The van der Waals surface area contributed by atoms with Crippen LogP contribution in [0.4, 0.5) is 57.1 Å². The van der Waals surface area contributed by atoms with E-state index in [-0.39, 0.29) is 34.4 Å². The molecule has 6 aromatic rings. The molecule has 0 radical (unpaired) electrons. The lowest BCUT2D eigenvalue weighted by Gasteiger charge is -2.20. The molecule has 0 saturated heterocycles. The topological polar surface area (TPSA) is 9.23 Å². The number of ether oxygens (including phenoxy) is 1. The fourth-order valence-electron chi connectivity index (χ4n) is 5.60. The summed E-state index contributed by atoms with van der Waals surface area (Å²) in [7, 11) is 0. The number of aryl methyl sites for hydroxylation is 2. The maximum Gasteiger partial charge on any atom is 0.429 e. The van der Waals surface area contributed by atoms with E-state index < -0.39 is 114 Å². The Balaban J connectivity index is 1.33. The van der Waals surface area contributed by atoms with Crippen molar-refractivity contribution >= 4 is 10.8 Å². The molecule has 14 heteroatoms. The van der Waals surface area contributed by atoms with Gasteiger partial charge in [-0.3, -0.25) is 0 Å². The van der Waals surface area contributed by atoms with Crippen LogP contribution in [0.25, 0.3) is 33.0 Å². The van der Waals surface area contributed by atoms with Crippen molar-refractivity contribution in [2.24, 2.45) is 0 Å². The number of fused-ring (bicyclic) bond motifs is 1. The van der Waals surface area contributed by atoms with Gasteiger partial charge in [-0.2, -0.15) is 8.78 Å². The highest BCUT2D eigenvalue weighted by Crippen LogP contribution is 2.39. The van der Waals surface area contributed by atoms with E-state index in [9.17, 15) is 35.1 Å². The predicted molar refractivity (Wildman–Crippen MR) is 167 cm³/mol. The number of halogens is 13. The summed E-state index contributed by atoms with van der Waals surface area (Å²) in [6.45, 7) is 2.56. The fraction of sp³-hybridized carbons (Fsp3) is 0.0769. The summed E-state index contributed by atoms with van der Waals surface area (Å²) in [4.78, 5) is 0. The lowest BCUT2D eigenvalue weighted by molar-refractivity contribution is -0.187. The summed E-state index contributed by atoms with van der Waals surface area (Å²) in [6, 6.07) is 6.26. The molecule has 0 N–H and O–H groups in total. The minimum Gasteiger partial charge on any atom is -0.429 e. The summed E-state index contributed by atoms with van der Waals surface area (Å²) in [6.07, 6.45) is -4.55. The molecule has 0 aliphatic carbocycles. The van der Waals surface area contributed by atoms with Gasteiger partial charge in [0.15, 0.2) is 17.5 Å². The average molecular weight is 749 g/mol. The summed E-state index contributed by atoms with van der Waals surface area (Å²) >= 11 is 0. The molecule has 0 saturated carbocycles. The monoisotopic (exact) mass is 748 g/mol. The van der Waals surface area contributed by atoms with E-state index in [0.29, 0.717) is 36.4 Å². The second kappa shape index (κ2) is 13.5. The Bertz CT molecular complexity index is 2500. The SMILES string of the molecule is Cc1cc(F)c(-c2cc(F)c3c(F)c(-c4cc(F)c(C#Cc5cc(F)c(C(F)(F)Oc6cc(F)c(F)c(F)c6)cc5C)c(F)c4)c(F)cc3c2)c(F)c1. The van der Waals surface area contributed by atoms with Crippen LogP contribution in [-0.2, 0) is 6.11 Å². The zero-order chi connectivity index (χ0) is 38.7. The lowest BCUT2D eigenvalue weighted by Crippen LogP contribution is -2.24.